The van der Waals surface area contributed by atoms with Crippen molar-refractivity contribution in [2.24, 2.45) is 0 Å². The largest absolute Gasteiger partial charge is 0.362 e. The summed E-state index contributed by atoms with van der Waals surface area (Å²) in [5, 5.41) is 5.28. The van der Waals surface area contributed by atoms with Gasteiger partial charge in [-0.3, -0.25) is 19.2 Å². The lowest BCUT2D eigenvalue weighted by Crippen LogP contribution is -2.30. The van der Waals surface area contributed by atoms with Crippen LogP contribution in [0, 0.1) is 0 Å². The van der Waals surface area contributed by atoms with E-state index in [0.717, 1.165) is 12.0 Å². The summed E-state index contributed by atoms with van der Waals surface area (Å²) in [5.74, 6) is -0.922. The monoisotopic (exact) mass is 348 g/mol. The zero-order valence-electron chi connectivity index (χ0n) is 14.6. The molecule has 0 atom stereocenters. The van der Waals surface area contributed by atoms with E-state index in [0.29, 0.717) is 12.2 Å². The Hall–Kier alpha value is -2.54. The van der Waals surface area contributed by atoms with Gasteiger partial charge in [0.2, 0.25) is 11.8 Å². The smallest absolute Gasteiger partial charge is 0.250 e. The molecular formula is C18H24N2O5. The number of ketones is 2. The van der Waals surface area contributed by atoms with Crippen LogP contribution in [0.25, 0.3) is 0 Å². The van der Waals surface area contributed by atoms with Crippen molar-refractivity contribution in [3.63, 3.8) is 0 Å². The highest BCUT2D eigenvalue weighted by molar-refractivity contribution is 5.98. The summed E-state index contributed by atoms with van der Waals surface area (Å²) in [6.07, 6.45) is 0.952. The van der Waals surface area contributed by atoms with Crippen LogP contribution in [0.4, 0.5) is 5.69 Å². The summed E-state index contributed by atoms with van der Waals surface area (Å²) in [4.78, 5) is 45.5. The second kappa shape index (κ2) is 11.1. The number of nitrogens with one attached hydrogen (secondary N) is 2. The summed E-state index contributed by atoms with van der Waals surface area (Å²) in [5.41, 5.74) is 1.33. The van der Waals surface area contributed by atoms with Gasteiger partial charge in [0.1, 0.15) is 24.8 Å². The maximum Gasteiger partial charge on any atom is 0.250 e. The molecule has 1 aromatic carbocycles. The average molecular weight is 348 g/mol. The molecule has 0 saturated heterocycles. The van der Waals surface area contributed by atoms with E-state index in [-0.39, 0.29) is 49.4 Å². The molecule has 1 rings (SSSR count). The highest BCUT2D eigenvalue weighted by atomic mass is 16.5. The highest BCUT2D eigenvalue weighted by Crippen LogP contribution is 2.11. The molecule has 0 bridgehead atoms. The number of rotatable bonds is 11. The van der Waals surface area contributed by atoms with Crippen molar-refractivity contribution in [1.82, 2.24) is 5.32 Å². The third-order valence-corrected chi connectivity index (χ3v) is 3.12. The fraction of sp³-hybridized carbons (Fsp3) is 0.444. The molecule has 7 heteroatoms. The zero-order valence-corrected chi connectivity index (χ0v) is 14.6. The van der Waals surface area contributed by atoms with Gasteiger partial charge in [0, 0.05) is 18.7 Å². The number of benzene rings is 1. The number of hydrogen-bond acceptors (Lipinski definition) is 5. The fourth-order valence-electron chi connectivity index (χ4n) is 2.02. The molecule has 7 nitrogen and oxygen atoms in total. The molecule has 136 valence electrons. The van der Waals surface area contributed by atoms with Crippen LogP contribution >= 0.6 is 0 Å². The Labute approximate surface area is 147 Å². The van der Waals surface area contributed by atoms with Gasteiger partial charge in [-0.1, -0.05) is 19.1 Å². The number of ether oxygens (including phenoxy) is 1. The molecule has 0 spiro atoms. The lowest BCUT2D eigenvalue weighted by atomic mass is 10.1. The van der Waals surface area contributed by atoms with Gasteiger partial charge in [0.05, 0.1) is 6.42 Å². The Morgan fingerprint density at radius 1 is 1.00 bits per heavy atom. The molecule has 0 unspecified atom stereocenters. The van der Waals surface area contributed by atoms with Crippen LogP contribution in [0.15, 0.2) is 24.3 Å². The van der Waals surface area contributed by atoms with Crippen LogP contribution in [-0.2, 0) is 30.3 Å². The number of carbonyl (C=O) groups is 4. The summed E-state index contributed by atoms with van der Waals surface area (Å²) in [6.45, 7) is 3.52. The maximum absolute atomic E-state index is 11.7. The van der Waals surface area contributed by atoms with Crippen molar-refractivity contribution in [2.45, 2.75) is 33.1 Å². The van der Waals surface area contributed by atoms with Crippen molar-refractivity contribution in [3.05, 3.63) is 29.8 Å². The minimum atomic E-state index is -0.372. The Morgan fingerprint density at radius 2 is 1.64 bits per heavy atom. The van der Waals surface area contributed by atoms with Crippen LogP contribution in [0.1, 0.15) is 32.3 Å². The van der Waals surface area contributed by atoms with Gasteiger partial charge in [-0.05, 0) is 31.0 Å². The first-order valence-corrected chi connectivity index (χ1v) is 8.15. The normalized spacial score (nSPS) is 10.2. The molecule has 0 aliphatic heterocycles. The first kappa shape index (κ1) is 20.5. The summed E-state index contributed by atoms with van der Waals surface area (Å²) < 4.78 is 5.04. The molecule has 0 heterocycles. The van der Waals surface area contributed by atoms with Gasteiger partial charge in [-0.2, -0.15) is 0 Å². The highest BCUT2D eigenvalue weighted by Gasteiger charge is 2.08. The number of anilines is 1. The second-order valence-electron chi connectivity index (χ2n) is 5.68. The first-order chi connectivity index (χ1) is 11.9. The van der Waals surface area contributed by atoms with Crippen LogP contribution < -0.4 is 10.6 Å². The second-order valence-corrected chi connectivity index (χ2v) is 5.68. The molecule has 0 radical (unpaired) electrons. The van der Waals surface area contributed by atoms with E-state index >= 15 is 0 Å². The summed E-state index contributed by atoms with van der Waals surface area (Å²) in [7, 11) is 0. The zero-order chi connectivity index (χ0) is 18.7. The fourth-order valence-corrected chi connectivity index (χ4v) is 2.02. The molecule has 25 heavy (non-hydrogen) atoms. The van der Waals surface area contributed by atoms with Crippen LogP contribution in [-0.4, -0.2) is 43.1 Å². The molecule has 0 saturated carbocycles. The third-order valence-electron chi connectivity index (χ3n) is 3.12. The number of carbonyl (C=O) groups excluding carboxylic acids is 4. The average Bonchev–Trinajstić information content (AvgIpc) is 2.54. The quantitative estimate of drug-likeness (QED) is 0.586. The van der Waals surface area contributed by atoms with Gasteiger partial charge < -0.3 is 15.4 Å². The van der Waals surface area contributed by atoms with E-state index in [1.54, 1.807) is 24.3 Å². The summed E-state index contributed by atoms with van der Waals surface area (Å²) in [6, 6.07) is 6.77. The molecule has 1 aromatic rings. The lowest BCUT2D eigenvalue weighted by molar-refractivity contribution is -0.129. The predicted octanol–water partition coefficient (Wildman–Crippen LogP) is 1.26. The minimum Gasteiger partial charge on any atom is -0.362 e. The van der Waals surface area contributed by atoms with Crippen molar-refractivity contribution in [1.29, 1.82) is 0 Å². The van der Waals surface area contributed by atoms with Crippen molar-refractivity contribution in [2.75, 3.05) is 25.1 Å². The number of Topliss-reactive ketones (excluding diaryl/α,β-unsaturated/α-hetero) is 2. The van der Waals surface area contributed by atoms with Crippen molar-refractivity contribution < 1.29 is 23.9 Å². The molecule has 0 aromatic heterocycles. The molecule has 2 N–H and O–H groups in total. The van der Waals surface area contributed by atoms with Gasteiger partial charge in [0.25, 0.3) is 0 Å². The molecular weight excluding hydrogens is 324 g/mol. The lowest BCUT2D eigenvalue weighted by Gasteiger charge is -2.07. The number of amides is 2. The Bertz CT molecular complexity index is 610. The van der Waals surface area contributed by atoms with Crippen LogP contribution in [0.2, 0.25) is 0 Å². The standard InChI is InChI=1S/C18H24N2O5/c1-3-8-19-17(23)11-25-12-18(24)20-15-6-4-14(5-7-15)10-16(22)9-13(2)21/h4-7H,3,8-12H2,1-2H3,(H,19,23)(H,20,24). The van der Waals surface area contributed by atoms with Crippen molar-refractivity contribution >= 4 is 29.1 Å². The van der Waals surface area contributed by atoms with E-state index < -0.39 is 0 Å². The molecule has 0 aliphatic carbocycles. The van der Waals surface area contributed by atoms with Gasteiger partial charge in [0.15, 0.2) is 0 Å². The third kappa shape index (κ3) is 9.36. The maximum atomic E-state index is 11.7. The predicted molar refractivity (Wildman–Crippen MR) is 93.2 cm³/mol. The van der Waals surface area contributed by atoms with Crippen LogP contribution in [0.3, 0.4) is 0 Å². The van der Waals surface area contributed by atoms with Crippen molar-refractivity contribution in [3.8, 4) is 0 Å². The molecule has 2 amide bonds. The Kier molecular flexibility index (Phi) is 9.10. The van der Waals surface area contributed by atoms with Crippen LogP contribution in [0.5, 0.6) is 0 Å². The van der Waals surface area contributed by atoms with E-state index in [4.69, 9.17) is 4.74 Å². The van der Waals surface area contributed by atoms with Gasteiger partial charge in [-0.25, -0.2) is 0 Å². The Morgan fingerprint density at radius 3 is 2.24 bits per heavy atom. The first-order valence-electron chi connectivity index (χ1n) is 8.15. The molecule has 0 fully saturated rings. The minimum absolute atomic E-state index is 0.0678. The summed E-state index contributed by atoms with van der Waals surface area (Å²) >= 11 is 0. The van der Waals surface area contributed by atoms with E-state index in [1.807, 2.05) is 6.92 Å². The van der Waals surface area contributed by atoms with Gasteiger partial charge in [-0.15, -0.1) is 0 Å². The van der Waals surface area contributed by atoms with Gasteiger partial charge >= 0.3 is 0 Å². The number of hydrogen-bond donors (Lipinski definition) is 2. The SMILES string of the molecule is CCCNC(=O)COCC(=O)Nc1ccc(CC(=O)CC(C)=O)cc1. The van der Waals surface area contributed by atoms with E-state index in [2.05, 4.69) is 10.6 Å². The van der Waals surface area contributed by atoms with E-state index in [1.165, 1.54) is 6.92 Å². The topological polar surface area (TPSA) is 102 Å². The Balaban J connectivity index is 2.34. The van der Waals surface area contributed by atoms with E-state index in [9.17, 15) is 19.2 Å². The molecule has 0 aliphatic rings.